The van der Waals surface area contributed by atoms with E-state index in [4.69, 9.17) is 4.74 Å². The lowest BCUT2D eigenvalue weighted by Crippen LogP contribution is -2.30. The first-order valence-corrected chi connectivity index (χ1v) is 6.67. The highest BCUT2D eigenvalue weighted by Crippen LogP contribution is 2.53. The minimum atomic E-state index is -3.33. The van der Waals surface area contributed by atoms with Crippen molar-refractivity contribution < 1.29 is 14.5 Å². The van der Waals surface area contributed by atoms with E-state index in [0.717, 1.165) is 0 Å². The molecular weight excluding hydrogens is 195 g/mol. The summed E-state index contributed by atoms with van der Waals surface area (Å²) in [5, 5.41) is -0.962. The summed E-state index contributed by atoms with van der Waals surface area (Å²) in [7, 11) is 0. The van der Waals surface area contributed by atoms with Gasteiger partial charge in [0.2, 0.25) is 6.49 Å². The molecule has 0 aromatic rings. The van der Waals surface area contributed by atoms with Gasteiger partial charge in [0, 0.05) is 0 Å². The van der Waals surface area contributed by atoms with E-state index >= 15 is 0 Å². The second-order valence-corrected chi connectivity index (χ2v) is 6.80. The first kappa shape index (κ1) is 12.5. The van der Waals surface area contributed by atoms with Gasteiger partial charge in [0.1, 0.15) is 5.34 Å². The second kappa shape index (κ2) is 4.16. The molecule has 12 heavy (non-hydrogen) atoms. The molecule has 0 aliphatic carbocycles. The third kappa shape index (κ3) is 3.11. The van der Waals surface area contributed by atoms with Crippen molar-refractivity contribution in [3.05, 3.63) is 0 Å². The Kier molecular flexibility index (Phi) is 4.34. The van der Waals surface area contributed by atoms with Crippen LogP contribution in [0.4, 0.5) is 0 Å². The highest BCUT2D eigenvalue weighted by Gasteiger charge is 2.38. The fourth-order valence-electron chi connectivity index (χ4n) is 0.866. The summed E-state index contributed by atoms with van der Waals surface area (Å²) >= 11 is 4.63. The Morgan fingerprint density at radius 1 is 1.50 bits per heavy atom. The van der Waals surface area contributed by atoms with E-state index < -0.39 is 11.8 Å². The Morgan fingerprint density at radius 2 is 1.92 bits per heavy atom. The average Bonchev–Trinajstić information content (AvgIpc) is 1.83. The molecule has 1 unspecified atom stereocenters. The maximum atomic E-state index is 9.34. The Morgan fingerprint density at radius 3 is 2.00 bits per heavy atom. The summed E-state index contributed by atoms with van der Waals surface area (Å²) in [6, 6.07) is 0. The SMILES string of the molecule is CCC(C)(OC(C)C)P(O)(O)=S. The van der Waals surface area contributed by atoms with E-state index in [1.165, 1.54) is 0 Å². The van der Waals surface area contributed by atoms with Crippen LogP contribution >= 0.6 is 6.49 Å². The van der Waals surface area contributed by atoms with E-state index in [-0.39, 0.29) is 6.10 Å². The Balaban J connectivity index is 4.58. The number of rotatable bonds is 4. The lowest BCUT2D eigenvalue weighted by Gasteiger charge is -2.34. The predicted octanol–water partition coefficient (Wildman–Crippen LogP) is 1.83. The molecule has 0 fully saturated rings. The van der Waals surface area contributed by atoms with Crippen molar-refractivity contribution in [3.8, 4) is 0 Å². The van der Waals surface area contributed by atoms with E-state index in [2.05, 4.69) is 11.8 Å². The summed E-state index contributed by atoms with van der Waals surface area (Å²) in [5.41, 5.74) is 0. The quantitative estimate of drug-likeness (QED) is 0.698. The molecule has 0 aliphatic heterocycles. The van der Waals surface area contributed by atoms with Crippen molar-refractivity contribution in [1.82, 2.24) is 0 Å². The molecule has 2 N–H and O–H groups in total. The Bertz CT molecular complexity index is 189. The molecule has 0 aliphatic rings. The molecule has 0 radical (unpaired) electrons. The van der Waals surface area contributed by atoms with Crippen molar-refractivity contribution in [2.75, 3.05) is 0 Å². The van der Waals surface area contributed by atoms with Crippen LogP contribution in [0.3, 0.4) is 0 Å². The molecule has 0 rings (SSSR count). The minimum absolute atomic E-state index is 0.0448. The first-order chi connectivity index (χ1) is 5.23. The van der Waals surface area contributed by atoms with Crippen LogP contribution in [0.5, 0.6) is 0 Å². The van der Waals surface area contributed by atoms with Crippen LogP contribution in [0.25, 0.3) is 0 Å². The predicted molar refractivity (Wildman–Crippen MR) is 53.6 cm³/mol. The van der Waals surface area contributed by atoms with Crippen molar-refractivity contribution >= 4 is 18.3 Å². The largest absolute Gasteiger partial charge is 0.363 e. The molecule has 0 heterocycles. The molecule has 74 valence electrons. The smallest absolute Gasteiger partial charge is 0.215 e. The van der Waals surface area contributed by atoms with Crippen LogP contribution < -0.4 is 0 Å². The Labute approximate surface area is 78.9 Å². The third-order valence-electron chi connectivity index (χ3n) is 1.76. The summed E-state index contributed by atoms with van der Waals surface area (Å²) in [6.07, 6.45) is 0.465. The van der Waals surface area contributed by atoms with Crippen molar-refractivity contribution in [2.24, 2.45) is 0 Å². The van der Waals surface area contributed by atoms with Crippen LogP contribution in [0, 0.1) is 0 Å². The van der Waals surface area contributed by atoms with E-state index in [0.29, 0.717) is 6.42 Å². The summed E-state index contributed by atoms with van der Waals surface area (Å²) < 4.78 is 5.40. The number of hydrogen-bond donors (Lipinski definition) is 2. The van der Waals surface area contributed by atoms with E-state index in [1.54, 1.807) is 6.92 Å². The maximum Gasteiger partial charge on any atom is 0.215 e. The van der Waals surface area contributed by atoms with Crippen LogP contribution in [0.15, 0.2) is 0 Å². The first-order valence-electron chi connectivity index (χ1n) is 3.96. The van der Waals surface area contributed by atoms with Crippen molar-refractivity contribution in [2.45, 2.75) is 45.6 Å². The molecule has 0 amide bonds. The van der Waals surface area contributed by atoms with Crippen LogP contribution in [-0.2, 0) is 16.5 Å². The maximum absolute atomic E-state index is 9.34. The summed E-state index contributed by atoms with van der Waals surface area (Å²) in [5.74, 6) is 0. The highest BCUT2D eigenvalue weighted by atomic mass is 32.5. The van der Waals surface area contributed by atoms with Crippen LogP contribution in [0.1, 0.15) is 34.1 Å². The third-order valence-corrected chi connectivity index (χ3v) is 4.57. The lowest BCUT2D eigenvalue weighted by atomic mass is 10.3. The molecule has 0 saturated heterocycles. The summed E-state index contributed by atoms with van der Waals surface area (Å²) in [4.78, 5) is 18.7. The standard InChI is InChI=1S/C7H17O3PS/c1-5-7(4,10-6(2)3)11(8,9)12/h6H,5H2,1-4H3,(H2,8,9,12). The number of ether oxygens (including phenoxy) is 1. The normalized spacial score (nSPS) is 17.9. The van der Waals surface area contributed by atoms with Gasteiger partial charge in [-0.15, -0.1) is 0 Å². The summed E-state index contributed by atoms with van der Waals surface area (Å²) in [6.45, 7) is 3.84. The fraction of sp³-hybridized carbons (Fsp3) is 1.00. The Hall–Kier alpha value is 0.530. The van der Waals surface area contributed by atoms with Gasteiger partial charge in [-0.25, -0.2) is 0 Å². The molecule has 0 aromatic heterocycles. The number of hydrogen-bond acceptors (Lipinski definition) is 2. The van der Waals surface area contributed by atoms with Gasteiger partial charge in [0.05, 0.1) is 6.10 Å². The topological polar surface area (TPSA) is 49.7 Å². The zero-order valence-electron chi connectivity index (χ0n) is 7.94. The zero-order chi connectivity index (χ0) is 9.99. The average molecular weight is 212 g/mol. The molecule has 3 nitrogen and oxygen atoms in total. The molecule has 0 aromatic carbocycles. The fourth-order valence-corrected chi connectivity index (χ4v) is 2.14. The van der Waals surface area contributed by atoms with Gasteiger partial charge in [0.25, 0.3) is 0 Å². The molecule has 1 atom stereocenters. The molecule has 0 spiro atoms. The molecule has 0 bridgehead atoms. The van der Waals surface area contributed by atoms with Gasteiger partial charge in [0.15, 0.2) is 0 Å². The highest BCUT2D eigenvalue weighted by molar-refractivity contribution is 8.09. The van der Waals surface area contributed by atoms with E-state index in [1.807, 2.05) is 20.8 Å². The van der Waals surface area contributed by atoms with Gasteiger partial charge >= 0.3 is 0 Å². The van der Waals surface area contributed by atoms with Crippen LogP contribution in [-0.4, -0.2) is 21.2 Å². The zero-order valence-corrected chi connectivity index (χ0v) is 9.65. The van der Waals surface area contributed by atoms with Gasteiger partial charge in [-0.1, -0.05) is 6.92 Å². The van der Waals surface area contributed by atoms with Gasteiger partial charge in [-0.05, 0) is 39.0 Å². The monoisotopic (exact) mass is 212 g/mol. The van der Waals surface area contributed by atoms with Gasteiger partial charge in [-0.2, -0.15) is 0 Å². The minimum Gasteiger partial charge on any atom is -0.363 e. The molecular formula is C7H17O3PS. The molecule has 0 saturated carbocycles. The lowest BCUT2D eigenvalue weighted by molar-refractivity contribution is -0.0228. The molecule has 5 heteroatoms. The van der Waals surface area contributed by atoms with E-state index in [9.17, 15) is 9.79 Å². The van der Waals surface area contributed by atoms with Gasteiger partial charge in [-0.3, -0.25) is 0 Å². The van der Waals surface area contributed by atoms with Crippen molar-refractivity contribution in [3.63, 3.8) is 0 Å². The van der Waals surface area contributed by atoms with Gasteiger partial charge < -0.3 is 14.5 Å². The van der Waals surface area contributed by atoms with Crippen molar-refractivity contribution in [1.29, 1.82) is 0 Å². The van der Waals surface area contributed by atoms with Crippen LogP contribution in [0.2, 0.25) is 0 Å². The second-order valence-electron chi connectivity index (χ2n) is 3.24.